The number of hydrogen-bond acceptors (Lipinski definition) is 5. The number of nitrogens with one attached hydrogen (secondary N) is 2. The third kappa shape index (κ3) is 4.97. The summed E-state index contributed by atoms with van der Waals surface area (Å²) in [5, 5.41) is 15.5. The molecular formula is C21H23N3O3S. The Morgan fingerprint density at radius 1 is 1.29 bits per heavy atom. The zero-order valence-corrected chi connectivity index (χ0v) is 16.8. The van der Waals surface area contributed by atoms with Gasteiger partial charge in [0.05, 0.1) is 5.56 Å². The van der Waals surface area contributed by atoms with Crippen LogP contribution in [0.2, 0.25) is 0 Å². The van der Waals surface area contributed by atoms with Gasteiger partial charge in [-0.25, -0.2) is 0 Å². The van der Waals surface area contributed by atoms with Gasteiger partial charge in [-0.1, -0.05) is 19.1 Å². The second-order valence-electron chi connectivity index (χ2n) is 7.13. The highest BCUT2D eigenvalue weighted by Crippen LogP contribution is 2.39. The number of nitrogens with zero attached hydrogens (tertiary/aromatic N) is 1. The highest BCUT2D eigenvalue weighted by molar-refractivity contribution is 7.16. The van der Waals surface area contributed by atoms with E-state index in [1.165, 1.54) is 16.2 Å². The molecule has 6 nitrogen and oxygen atoms in total. The summed E-state index contributed by atoms with van der Waals surface area (Å²) in [7, 11) is 0. The van der Waals surface area contributed by atoms with Crippen LogP contribution in [0.4, 0.5) is 10.7 Å². The first-order chi connectivity index (χ1) is 13.5. The Morgan fingerprint density at radius 2 is 2.04 bits per heavy atom. The van der Waals surface area contributed by atoms with E-state index in [0.717, 1.165) is 30.4 Å². The second kappa shape index (κ2) is 9.00. The molecule has 0 bridgehead atoms. The summed E-state index contributed by atoms with van der Waals surface area (Å²) >= 11 is 1.47. The van der Waals surface area contributed by atoms with E-state index in [1.807, 2.05) is 25.1 Å². The number of aryl methyl sites for hydroxylation is 1. The van der Waals surface area contributed by atoms with Crippen LogP contribution in [0, 0.1) is 24.2 Å². The third-order valence-corrected chi connectivity index (χ3v) is 5.81. The number of ether oxygens (including phenoxy) is 1. The fourth-order valence-electron chi connectivity index (χ4n) is 3.28. The number of thiophene rings is 1. The maximum Gasteiger partial charge on any atom is 0.251 e. The molecule has 0 radical (unpaired) electrons. The molecule has 1 aromatic heterocycles. The first-order valence-electron chi connectivity index (χ1n) is 9.25. The summed E-state index contributed by atoms with van der Waals surface area (Å²) in [6, 6.07) is 9.66. The first kappa shape index (κ1) is 20.1. The van der Waals surface area contributed by atoms with E-state index in [0.29, 0.717) is 22.2 Å². The number of fused-ring (bicyclic) bond motifs is 1. The third-order valence-electron chi connectivity index (χ3n) is 4.64. The molecule has 7 heteroatoms. The van der Waals surface area contributed by atoms with Crippen molar-refractivity contribution in [1.29, 1.82) is 5.26 Å². The molecule has 2 aromatic rings. The molecule has 2 amide bonds. The zero-order valence-electron chi connectivity index (χ0n) is 16.0. The van der Waals surface area contributed by atoms with Crippen molar-refractivity contribution in [3.63, 3.8) is 0 Å². The molecule has 1 aliphatic rings. The van der Waals surface area contributed by atoms with E-state index in [1.54, 1.807) is 6.07 Å². The molecule has 0 spiro atoms. The molecule has 28 heavy (non-hydrogen) atoms. The molecule has 0 saturated heterocycles. The van der Waals surface area contributed by atoms with Crippen molar-refractivity contribution in [3.8, 4) is 6.07 Å². The number of carbonyl (C=O) groups is 2. The van der Waals surface area contributed by atoms with E-state index >= 15 is 0 Å². The summed E-state index contributed by atoms with van der Waals surface area (Å²) in [6.45, 7) is 3.67. The van der Waals surface area contributed by atoms with E-state index in [-0.39, 0.29) is 25.0 Å². The summed E-state index contributed by atoms with van der Waals surface area (Å²) in [5.74, 6) is -0.0975. The predicted molar refractivity (Wildman–Crippen MR) is 109 cm³/mol. The zero-order chi connectivity index (χ0) is 20.1. The van der Waals surface area contributed by atoms with E-state index in [2.05, 4.69) is 23.6 Å². The molecule has 0 saturated carbocycles. The minimum absolute atomic E-state index is 0.217. The predicted octanol–water partition coefficient (Wildman–Crippen LogP) is 3.65. The summed E-state index contributed by atoms with van der Waals surface area (Å²) in [6.07, 6.45) is 2.88. The molecular weight excluding hydrogens is 374 g/mol. The lowest BCUT2D eigenvalue weighted by Gasteiger charge is -2.17. The van der Waals surface area contributed by atoms with E-state index < -0.39 is 0 Å². The lowest BCUT2D eigenvalue weighted by atomic mass is 9.89. The van der Waals surface area contributed by atoms with Crippen molar-refractivity contribution >= 4 is 33.8 Å². The van der Waals surface area contributed by atoms with Crippen LogP contribution in [0.25, 0.3) is 0 Å². The molecule has 1 heterocycles. The summed E-state index contributed by atoms with van der Waals surface area (Å²) in [5.41, 5.74) is 3.37. The number of anilines is 2. The van der Waals surface area contributed by atoms with Crippen molar-refractivity contribution in [2.24, 2.45) is 5.92 Å². The van der Waals surface area contributed by atoms with Gasteiger partial charge in [-0.3, -0.25) is 9.59 Å². The molecule has 1 aromatic carbocycles. The van der Waals surface area contributed by atoms with Crippen molar-refractivity contribution in [2.45, 2.75) is 33.1 Å². The Kier molecular flexibility index (Phi) is 6.45. The summed E-state index contributed by atoms with van der Waals surface area (Å²) < 4.78 is 5.22. The quantitative estimate of drug-likeness (QED) is 0.778. The Bertz CT molecular complexity index is 929. The number of carbonyl (C=O) groups excluding carboxylic acids is 2. The van der Waals surface area contributed by atoms with Crippen LogP contribution >= 0.6 is 11.3 Å². The fourth-order valence-corrected chi connectivity index (χ4v) is 4.65. The van der Waals surface area contributed by atoms with Gasteiger partial charge >= 0.3 is 0 Å². The smallest absolute Gasteiger partial charge is 0.251 e. The van der Waals surface area contributed by atoms with Crippen LogP contribution in [-0.4, -0.2) is 25.0 Å². The number of amides is 2. The molecule has 146 valence electrons. The number of nitriles is 1. The van der Waals surface area contributed by atoms with Gasteiger partial charge in [-0.05, 0) is 55.4 Å². The normalized spacial score (nSPS) is 15.4. The van der Waals surface area contributed by atoms with Gasteiger partial charge in [0.15, 0.2) is 0 Å². The van der Waals surface area contributed by atoms with Gasteiger partial charge in [-0.2, -0.15) is 5.26 Å². The average Bonchev–Trinajstić information content (AvgIpc) is 2.97. The van der Waals surface area contributed by atoms with Crippen molar-refractivity contribution in [2.75, 3.05) is 23.8 Å². The van der Waals surface area contributed by atoms with Gasteiger partial charge in [0.25, 0.3) is 5.91 Å². The highest BCUT2D eigenvalue weighted by Gasteiger charge is 2.24. The fraction of sp³-hybridized carbons (Fsp3) is 0.381. The molecule has 0 fully saturated rings. The maximum absolute atomic E-state index is 12.2. The Balaban J connectivity index is 1.50. The van der Waals surface area contributed by atoms with Crippen LogP contribution in [0.15, 0.2) is 24.3 Å². The minimum Gasteiger partial charge on any atom is -0.362 e. The summed E-state index contributed by atoms with van der Waals surface area (Å²) in [4.78, 5) is 25.3. The lowest BCUT2D eigenvalue weighted by Crippen LogP contribution is -2.24. The largest absolute Gasteiger partial charge is 0.362 e. The molecule has 0 aliphatic heterocycles. The van der Waals surface area contributed by atoms with Crippen LogP contribution in [-0.2, 0) is 27.2 Å². The maximum atomic E-state index is 12.2. The van der Waals surface area contributed by atoms with Crippen LogP contribution in [0.1, 0.15) is 34.9 Å². The SMILES string of the molecule is Cc1cccc(NC(=O)COCC(=O)Nc2sc3c(c2C#N)CCC(C)C3)c1. The number of benzene rings is 1. The Morgan fingerprint density at radius 3 is 2.75 bits per heavy atom. The van der Waals surface area contributed by atoms with Crippen LogP contribution < -0.4 is 10.6 Å². The minimum atomic E-state index is -0.369. The molecule has 1 aliphatic carbocycles. The highest BCUT2D eigenvalue weighted by atomic mass is 32.1. The second-order valence-corrected chi connectivity index (χ2v) is 8.23. The van der Waals surface area contributed by atoms with Gasteiger partial charge < -0.3 is 15.4 Å². The van der Waals surface area contributed by atoms with Gasteiger partial charge in [0, 0.05) is 10.6 Å². The Labute approximate surface area is 168 Å². The van der Waals surface area contributed by atoms with Crippen molar-refractivity contribution < 1.29 is 14.3 Å². The topological polar surface area (TPSA) is 91.2 Å². The lowest BCUT2D eigenvalue weighted by molar-refractivity contribution is -0.125. The number of rotatable bonds is 6. The van der Waals surface area contributed by atoms with E-state index in [4.69, 9.17) is 4.74 Å². The van der Waals surface area contributed by atoms with E-state index in [9.17, 15) is 14.9 Å². The molecule has 2 N–H and O–H groups in total. The van der Waals surface area contributed by atoms with Gasteiger partial charge in [0.2, 0.25) is 5.91 Å². The van der Waals surface area contributed by atoms with Crippen molar-refractivity contribution in [1.82, 2.24) is 0 Å². The van der Waals surface area contributed by atoms with Gasteiger partial charge in [0.1, 0.15) is 24.3 Å². The average molecular weight is 398 g/mol. The van der Waals surface area contributed by atoms with Crippen molar-refractivity contribution in [3.05, 3.63) is 45.8 Å². The van der Waals surface area contributed by atoms with Crippen LogP contribution in [0.3, 0.4) is 0 Å². The molecule has 3 rings (SSSR count). The first-order valence-corrected chi connectivity index (χ1v) is 10.1. The molecule has 1 unspecified atom stereocenters. The number of hydrogen-bond donors (Lipinski definition) is 2. The van der Waals surface area contributed by atoms with Gasteiger partial charge in [-0.15, -0.1) is 11.3 Å². The molecule has 1 atom stereocenters. The van der Waals surface area contributed by atoms with Crippen LogP contribution in [0.5, 0.6) is 0 Å². The Hall–Kier alpha value is -2.69. The standard InChI is InChI=1S/C21H23N3O3S/c1-13-4-3-5-15(8-13)23-19(25)11-27-12-20(26)24-21-17(10-22)16-7-6-14(2)9-18(16)28-21/h3-5,8,14H,6-7,9,11-12H2,1-2H3,(H,23,25)(H,24,26). The monoisotopic (exact) mass is 397 g/mol.